The van der Waals surface area contributed by atoms with Crippen molar-refractivity contribution in [1.82, 2.24) is 5.32 Å². The van der Waals surface area contributed by atoms with Gasteiger partial charge in [0.1, 0.15) is 18.1 Å². The molecule has 3 aromatic carbocycles. The van der Waals surface area contributed by atoms with Crippen LogP contribution >= 0.6 is 11.6 Å². The van der Waals surface area contributed by atoms with Gasteiger partial charge in [0.05, 0.1) is 23.1 Å². The Balaban J connectivity index is 1.47. The highest BCUT2D eigenvalue weighted by molar-refractivity contribution is 7.92. The minimum absolute atomic E-state index is 0.00293. The molecule has 3 rings (SSSR count). The fourth-order valence-corrected chi connectivity index (χ4v) is 4.40. The highest BCUT2D eigenvalue weighted by Crippen LogP contribution is 2.31. The van der Waals surface area contributed by atoms with Gasteiger partial charge in [-0.15, -0.1) is 0 Å². The molecule has 0 aliphatic rings. The predicted octanol–water partition coefficient (Wildman–Crippen LogP) is 3.80. The number of ether oxygens (including phenoxy) is 1. The van der Waals surface area contributed by atoms with Gasteiger partial charge in [0.2, 0.25) is 10.0 Å². The lowest BCUT2D eigenvalue weighted by Crippen LogP contribution is -2.26. The molecule has 5 N–H and O–H groups in total. The number of aliphatic hydroxyl groups is 1. The third-order valence-corrected chi connectivity index (χ3v) is 6.32. The van der Waals surface area contributed by atoms with Gasteiger partial charge in [-0.1, -0.05) is 41.9 Å². The maximum Gasteiger partial charge on any atom is 0.303 e. The molecule has 0 aliphatic carbocycles. The van der Waals surface area contributed by atoms with E-state index >= 15 is 0 Å². The molecule has 0 aliphatic heterocycles. The van der Waals surface area contributed by atoms with Gasteiger partial charge < -0.3 is 25.4 Å². The summed E-state index contributed by atoms with van der Waals surface area (Å²) in [6, 6.07) is 17.2. The highest BCUT2D eigenvalue weighted by Gasteiger charge is 2.13. The summed E-state index contributed by atoms with van der Waals surface area (Å²) in [6.45, 7) is 0.937. The van der Waals surface area contributed by atoms with Crippen molar-refractivity contribution in [2.75, 3.05) is 30.7 Å². The number of hydrogen-bond acceptors (Lipinski definition) is 7. The molecule has 9 nitrogen and oxygen atoms in total. The summed E-state index contributed by atoms with van der Waals surface area (Å²) in [5.74, 6) is -0.478. The number of anilines is 1. The minimum Gasteiger partial charge on any atom is -0.506 e. The Kier molecular flexibility index (Phi) is 9.76. The summed E-state index contributed by atoms with van der Waals surface area (Å²) in [5.41, 5.74) is 3.12. The molecule has 0 radical (unpaired) electrons. The first-order valence-corrected chi connectivity index (χ1v) is 13.7. The summed E-state index contributed by atoms with van der Waals surface area (Å²) in [5, 5.41) is 32.6. The van der Waals surface area contributed by atoms with Crippen LogP contribution in [0.4, 0.5) is 5.69 Å². The molecule has 1 unspecified atom stereocenters. The Morgan fingerprint density at radius 1 is 1.08 bits per heavy atom. The zero-order valence-electron chi connectivity index (χ0n) is 20.1. The molecule has 0 heterocycles. The van der Waals surface area contributed by atoms with Gasteiger partial charge in [0.15, 0.2) is 0 Å². The van der Waals surface area contributed by atoms with Gasteiger partial charge in [-0.2, -0.15) is 0 Å². The van der Waals surface area contributed by atoms with Crippen molar-refractivity contribution in [1.29, 1.82) is 0 Å². The predicted molar refractivity (Wildman–Crippen MR) is 143 cm³/mol. The topological polar surface area (TPSA) is 145 Å². The molecular formula is C26H29ClN2O7S. The van der Waals surface area contributed by atoms with Crippen molar-refractivity contribution in [3.8, 4) is 22.6 Å². The van der Waals surface area contributed by atoms with Crippen molar-refractivity contribution >= 4 is 33.3 Å². The average Bonchev–Trinajstić information content (AvgIpc) is 2.83. The number of carboxylic acid groups (broad SMARTS) is 1. The number of aliphatic hydroxyl groups excluding tert-OH is 1. The lowest BCUT2D eigenvalue weighted by Gasteiger charge is -2.15. The molecule has 37 heavy (non-hydrogen) atoms. The molecule has 0 spiro atoms. The molecule has 0 aromatic heterocycles. The van der Waals surface area contributed by atoms with Crippen LogP contribution in [-0.2, 0) is 21.2 Å². The molecule has 3 aromatic rings. The van der Waals surface area contributed by atoms with Crippen LogP contribution in [0.1, 0.15) is 23.7 Å². The summed E-state index contributed by atoms with van der Waals surface area (Å²) >= 11 is 6.45. The molecule has 0 saturated carbocycles. The molecule has 0 bridgehead atoms. The number of carboxylic acids is 1. The molecule has 198 valence electrons. The number of halogens is 1. The zero-order chi connectivity index (χ0) is 27.0. The van der Waals surface area contributed by atoms with Gasteiger partial charge >= 0.3 is 5.97 Å². The number of benzene rings is 3. The lowest BCUT2D eigenvalue weighted by molar-refractivity contribution is -0.136. The number of aryl methyl sites for hydroxylation is 1. The van der Waals surface area contributed by atoms with E-state index in [1.165, 1.54) is 18.2 Å². The third kappa shape index (κ3) is 8.94. The fourth-order valence-electron chi connectivity index (χ4n) is 3.56. The Morgan fingerprint density at radius 2 is 1.81 bits per heavy atom. The highest BCUT2D eigenvalue weighted by atomic mass is 35.5. The van der Waals surface area contributed by atoms with Crippen molar-refractivity contribution in [3.63, 3.8) is 0 Å². The second-order valence-electron chi connectivity index (χ2n) is 8.45. The number of rotatable bonds is 13. The molecule has 0 amide bonds. The Bertz CT molecular complexity index is 1330. The summed E-state index contributed by atoms with van der Waals surface area (Å²) in [7, 11) is -3.57. The summed E-state index contributed by atoms with van der Waals surface area (Å²) in [4.78, 5) is 10.7. The number of aliphatic carboxylic acids is 1. The maximum absolute atomic E-state index is 11.4. The van der Waals surface area contributed by atoms with Crippen LogP contribution in [0, 0.1) is 0 Å². The lowest BCUT2D eigenvalue weighted by atomic mass is 10.0. The van der Waals surface area contributed by atoms with E-state index in [0.29, 0.717) is 35.9 Å². The van der Waals surface area contributed by atoms with E-state index in [-0.39, 0.29) is 24.4 Å². The number of phenols is 1. The number of sulfonamides is 1. The Labute approximate surface area is 220 Å². The monoisotopic (exact) mass is 548 g/mol. The standard InChI is InChI=1S/C26H29ClN2O7S/c1-37(34,35)29-23-14-19(7-10-24(23)30)25(31)16-28-12-13-36-20-8-9-21(22(27)15-20)18-5-2-17(3-6-18)4-11-26(32)33/h2-3,5-10,14-15,25,28-31H,4,11-13,16H2,1H3,(H,32,33). The van der Waals surface area contributed by atoms with Crippen LogP contribution in [0.3, 0.4) is 0 Å². The number of phenolic OH excluding ortho intramolecular Hbond substituents is 1. The van der Waals surface area contributed by atoms with E-state index in [9.17, 15) is 23.4 Å². The van der Waals surface area contributed by atoms with E-state index in [1.54, 1.807) is 12.1 Å². The van der Waals surface area contributed by atoms with E-state index < -0.39 is 22.1 Å². The van der Waals surface area contributed by atoms with Crippen molar-refractivity contribution in [2.24, 2.45) is 0 Å². The molecule has 1 atom stereocenters. The first-order valence-electron chi connectivity index (χ1n) is 11.4. The number of carbonyl (C=O) groups is 1. The van der Waals surface area contributed by atoms with Gasteiger partial charge in [0.25, 0.3) is 0 Å². The Hall–Kier alpha value is -3.31. The van der Waals surface area contributed by atoms with Crippen LogP contribution in [0.5, 0.6) is 11.5 Å². The second-order valence-corrected chi connectivity index (χ2v) is 10.6. The van der Waals surface area contributed by atoms with Crippen LogP contribution in [-0.4, -0.2) is 55.7 Å². The maximum atomic E-state index is 11.4. The third-order valence-electron chi connectivity index (χ3n) is 5.42. The van der Waals surface area contributed by atoms with Crippen LogP contribution in [0.2, 0.25) is 5.02 Å². The minimum atomic E-state index is -3.57. The quantitative estimate of drug-likeness (QED) is 0.160. The number of nitrogens with one attached hydrogen (secondary N) is 2. The average molecular weight is 549 g/mol. The first kappa shape index (κ1) is 28.3. The van der Waals surface area contributed by atoms with Gasteiger partial charge in [0, 0.05) is 25.1 Å². The zero-order valence-corrected chi connectivity index (χ0v) is 21.7. The normalized spacial score (nSPS) is 12.2. The van der Waals surface area contributed by atoms with E-state index in [4.69, 9.17) is 21.4 Å². The SMILES string of the molecule is CS(=O)(=O)Nc1cc(C(O)CNCCOc2ccc(-c3ccc(CCC(=O)O)cc3)c(Cl)c2)ccc1O. The van der Waals surface area contributed by atoms with Crippen molar-refractivity contribution < 1.29 is 33.3 Å². The molecular weight excluding hydrogens is 520 g/mol. The molecule has 0 fully saturated rings. The van der Waals surface area contributed by atoms with Gasteiger partial charge in [-0.25, -0.2) is 8.42 Å². The number of aromatic hydroxyl groups is 1. The molecule has 0 saturated heterocycles. The largest absolute Gasteiger partial charge is 0.506 e. The van der Waals surface area contributed by atoms with Crippen LogP contribution in [0.15, 0.2) is 60.7 Å². The van der Waals surface area contributed by atoms with Crippen molar-refractivity contribution in [3.05, 3.63) is 76.8 Å². The first-order chi connectivity index (χ1) is 17.5. The van der Waals surface area contributed by atoms with Crippen molar-refractivity contribution in [2.45, 2.75) is 18.9 Å². The van der Waals surface area contributed by atoms with Gasteiger partial charge in [-0.05, 0) is 53.4 Å². The van der Waals surface area contributed by atoms with E-state index in [0.717, 1.165) is 22.9 Å². The summed E-state index contributed by atoms with van der Waals surface area (Å²) in [6.07, 6.45) is 0.601. The van der Waals surface area contributed by atoms with E-state index in [2.05, 4.69) is 10.0 Å². The smallest absolute Gasteiger partial charge is 0.303 e. The van der Waals surface area contributed by atoms with Crippen LogP contribution < -0.4 is 14.8 Å². The second kappa shape index (κ2) is 12.8. The fraction of sp³-hybridized carbons (Fsp3) is 0.269. The Morgan fingerprint density at radius 3 is 2.46 bits per heavy atom. The molecule has 11 heteroatoms. The number of hydrogen-bond donors (Lipinski definition) is 5. The summed E-state index contributed by atoms with van der Waals surface area (Å²) < 4.78 is 30.8. The van der Waals surface area contributed by atoms with E-state index in [1.807, 2.05) is 30.3 Å². The van der Waals surface area contributed by atoms with Crippen LogP contribution in [0.25, 0.3) is 11.1 Å². The van der Waals surface area contributed by atoms with Gasteiger partial charge in [-0.3, -0.25) is 9.52 Å².